The molecule has 0 bridgehead atoms. The number of nitrogens with one attached hydrogen (secondary N) is 1. The highest BCUT2D eigenvalue weighted by atomic mass is 32.2. The van der Waals surface area contributed by atoms with Crippen molar-refractivity contribution in [3.63, 3.8) is 0 Å². The minimum atomic E-state index is -0.748. The van der Waals surface area contributed by atoms with Crippen LogP contribution in [0.15, 0.2) is 29.2 Å². The molecule has 0 spiro atoms. The van der Waals surface area contributed by atoms with Crippen LogP contribution in [0, 0.1) is 0 Å². The number of thioether (sulfide) groups is 1. The zero-order valence-corrected chi connectivity index (χ0v) is 16.9. The number of benzene rings is 1. The Balaban J connectivity index is 1.91. The van der Waals surface area contributed by atoms with Crippen molar-refractivity contribution in [2.24, 2.45) is 0 Å². The van der Waals surface area contributed by atoms with Crippen LogP contribution in [-0.4, -0.2) is 54.8 Å². The zero-order valence-electron chi connectivity index (χ0n) is 16.0. The summed E-state index contributed by atoms with van der Waals surface area (Å²) in [6.45, 7) is 6.31. The molecule has 1 aromatic carbocycles. The van der Waals surface area contributed by atoms with E-state index in [0.29, 0.717) is 39.1 Å². The molecule has 2 amide bonds. The number of rotatable bonds is 10. The van der Waals surface area contributed by atoms with Crippen LogP contribution in [0.5, 0.6) is 0 Å². The van der Waals surface area contributed by atoms with Crippen molar-refractivity contribution in [3.05, 3.63) is 29.8 Å². The van der Waals surface area contributed by atoms with Crippen LogP contribution in [0.25, 0.3) is 0 Å². The van der Waals surface area contributed by atoms with Gasteiger partial charge in [0.05, 0.1) is 0 Å². The zero-order chi connectivity index (χ0) is 19.0. The first kappa shape index (κ1) is 20.8. The van der Waals surface area contributed by atoms with E-state index in [1.165, 1.54) is 10.5 Å². The molecule has 1 fully saturated rings. The van der Waals surface area contributed by atoms with Gasteiger partial charge in [0.25, 0.3) is 0 Å². The molecule has 5 nitrogen and oxygen atoms in total. The van der Waals surface area contributed by atoms with Crippen LogP contribution < -0.4 is 5.32 Å². The first-order chi connectivity index (χ1) is 12.5. The van der Waals surface area contributed by atoms with E-state index in [1.54, 1.807) is 16.7 Å². The largest absolute Gasteiger partial charge is 0.382 e. The number of hydrogen-bond donors (Lipinski definition) is 1. The molecule has 1 atom stereocenters. The Hall–Kier alpha value is -1.53. The molecule has 0 saturated carbocycles. The minimum absolute atomic E-state index is 0.0578. The molecular formula is C20H30N2O3S. The first-order valence-corrected chi connectivity index (χ1v) is 10.5. The molecule has 2 rings (SSSR count). The second-order valence-corrected chi connectivity index (χ2v) is 7.60. The highest BCUT2D eigenvalue weighted by Gasteiger charge is 2.46. The van der Waals surface area contributed by atoms with Gasteiger partial charge in [-0.25, -0.2) is 0 Å². The number of carbonyl (C=O) groups excluding carboxylic acids is 2. The van der Waals surface area contributed by atoms with Crippen LogP contribution in [0.2, 0.25) is 0 Å². The Morgan fingerprint density at radius 3 is 2.73 bits per heavy atom. The summed E-state index contributed by atoms with van der Waals surface area (Å²) < 4.78 is 5.29. The molecule has 6 heteroatoms. The number of nitrogens with zero attached hydrogens (tertiary/aromatic N) is 1. The van der Waals surface area contributed by atoms with Gasteiger partial charge < -0.3 is 15.0 Å². The highest BCUT2D eigenvalue weighted by Crippen LogP contribution is 2.30. The summed E-state index contributed by atoms with van der Waals surface area (Å²) in [5.74, 6) is 0.00952. The van der Waals surface area contributed by atoms with Crippen LogP contribution in [0.3, 0.4) is 0 Å². The number of hydrogen-bond acceptors (Lipinski definition) is 4. The fraction of sp³-hybridized carbons (Fsp3) is 0.600. The fourth-order valence-electron chi connectivity index (χ4n) is 3.25. The lowest BCUT2D eigenvalue weighted by Crippen LogP contribution is -2.55. The quantitative estimate of drug-likeness (QED) is 0.502. The summed E-state index contributed by atoms with van der Waals surface area (Å²) in [5.41, 5.74) is 0.434. The van der Waals surface area contributed by atoms with E-state index < -0.39 is 5.54 Å². The third kappa shape index (κ3) is 5.24. The van der Waals surface area contributed by atoms with Crippen LogP contribution >= 0.6 is 11.8 Å². The Morgan fingerprint density at radius 2 is 2.08 bits per heavy atom. The van der Waals surface area contributed by atoms with Gasteiger partial charge in [0, 0.05) is 37.6 Å². The van der Waals surface area contributed by atoms with Crippen molar-refractivity contribution in [1.29, 1.82) is 0 Å². The average molecular weight is 379 g/mol. The molecule has 1 aromatic rings. The van der Waals surface area contributed by atoms with E-state index in [1.807, 2.05) is 13.8 Å². The molecule has 1 N–H and O–H groups in total. The van der Waals surface area contributed by atoms with Crippen molar-refractivity contribution in [3.8, 4) is 0 Å². The van der Waals surface area contributed by atoms with Crippen molar-refractivity contribution >= 4 is 23.6 Å². The van der Waals surface area contributed by atoms with E-state index >= 15 is 0 Å². The van der Waals surface area contributed by atoms with Gasteiger partial charge >= 0.3 is 0 Å². The molecule has 0 aliphatic carbocycles. The van der Waals surface area contributed by atoms with E-state index in [2.05, 4.69) is 35.8 Å². The van der Waals surface area contributed by atoms with Gasteiger partial charge in [-0.2, -0.15) is 0 Å². The summed E-state index contributed by atoms with van der Waals surface area (Å²) >= 11 is 1.71. The summed E-state index contributed by atoms with van der Waals surface area (Å²) in [4.78, 5) is 28.0. The van der Waals surface area contributed by atoms with Crippen molar-refractivity contribution in [2.45, 2.75) is 50.0 Å². The monoisotopic (exact) mass is 378 g/mol. The summed E-state index contributed by atoms with van der Waals surface area (Å²) in [5, 5.41) is 2.97. The van der Waals surface area contributed by atoms with Gasteiger partial charge in [0.15, 0.2) is 0 Å². The predicted molar refractivity (Wildman–Crippen MR) is 105 cm³/mol. The first-order valence-electron chi connectivity index (χ1n) is 9.30. The third-order valence-electron chi connectivity index (χ3n) is 4.95. The van der Waals surface area contributed by atoms with Gasteiger partial charge in [0.2, 0.25) is 11.8 Å². The second kappa shape index (κ2) is 9.97. The summed E-state index contributed by atoms with van der Waals surface area (Å²) in [6, 6.07) is 8.38. The van der Waals surface area contributed by atoms with Crippen LogP contribution in [0.4, 0.5) is 0 Å². The number of likely N-dealkylation sites (tertiary alicyclic amines) is 1. The standard InChI is InChI=1S/C20H30N2O3S/c1-4-25-15-5-13-21-19(24)20(2)12-10-18(23)22(20)14-11-16-6-8-17(26-3)9-7-16/h6-9H,4-5,10-15H2,1-3H3,(H,21,24)/t20-/m1/s1. The number of amides is 2. The van der Waals surface area contributed by atoms with Crippen LogP contribution in [-0.2, 0) is 20.7 Å². The predicted octanol–water partition coefficient (Wildman–Crippen LogP) is 2.87. The van der Waals surface area contributed by atoms with Crippen molar-refractivity contribution in [1.82, 2.24) is 10.2 Å². The Labute approximate surface area is 160 Å². The van der Waals surface area contributed by atoms with Gasteiger partial charge in [0.1, 0.15) is 5.54 Å². The van der Waals surface area contributed by atoms with Gasteiger partial charge in [-0.3, -0.25) is 9.59 Å². The topological polar surface area (TPSA) is 58.6 Å². The van der Waals surface area contributed by atoms with Gasteiger partial charge in [-0.15, -0.1) is 11.8 Å². The van der Waals surface area contributed by atoms with Crippen molar-refractivity contribution < 1.29 is 14.3 Å². The van der Waals surface area contributed by atoms with Gasteiger partial charge in [-0.05, 0) is 57.1 Å². The van der Waals surface area contributed by atoms with Crippen molar-refractivity contribution in [2.75, 3.05) is 32.6 Å². The molecule has 1 heterocycles. The van der Waals surface area contributed by atoms with Gasteiger partial charge in [-0.1, -0.05) is 12.1 Å². The molecule has 0 radical (unpaired) electrons. The second-order valence-electron chi connectivity index (χ2n) is 6.72. The smallest absolute Gasteiger partial charge is 0.245 e. The molecule has 1 aliphatic heterocycles. The lowest BCUT2D eigenvalue weighted by Gasteiger charge is -2.34. The highest BCUT2D eigenvalue weighted by molar-refractivity contribution is 7.98. The van der Waals surface area contributed by atoms with E-state index in [0.717, 1.165) is 12.8 Å². The van der Waals surface area contributed by atoms with Crippen LogP contribution in [0.1, 0.15) is 38.7 Å². The Bertz CT molecular complexity index is 606. The van der Waals surface area contributed by atoms with E-state index in [9.17, 15) is 9.59 Å². The molecule has 0 unspecified atom stereocenters. The summed E-state index contributed by atoms with van der Waals surface area (Å²) in [6.07, 6.45) is 4.61. The molecule has 26 heavy (non-hydrogen) atoms. The average Bonchev–Trinajstić information content (AvgIpc) is 2.95. The maximum Gasteiger partial charge on any atom is 0.245 e. The summed E-state index contributed by atoms with van der Waals surface area (Å²) in [7, 11) is 0. The van der Waals surface area contributed by atoms with E-state index in [-0.39, 0.29) is 11.8 Å². The maximum absolute atomic E-state index is 12.7. The lowest BCUT2D eigenvalue weighted by molar-refractivity contribution is -0.140. The molecule has 144 valence electrons. The SMILES string of the molecule is CCOCCCNC(=O)[C@@]1(C)CCC(=O)N1CCc1ccc(SC)cc1. The number of carbonyl (C=O) groups is 2. The van der Waals surface area contributed by atoms with E-state index in [4.69, 9.17) is 4.74 Å². The molecule has 1 aliphatic rings. The Morgan fingerprint density at radius 1 is 1.35 bits per heavy atom. The maximum atomic E-state index is 12.7. The number of ether oxygens (including phenoxy) is 1. The Kier molecular flexibility index (Phi) is 7.97. The molecule has 0 aromatic heterocycles. The fourth-order valence-corrected chi connectivity index (χ4v) is 3.66. The lowest BCUT2D eigenvalue weighted by atomic mass is 9.97. The normalized spacial score (nSPS) is 19.8. The minimum Gasteiger partial charge on any atom is -0.382 e. The third-order valence-corrected chi connectivity index (χ3v) is 5.69. The molecule has 1 saturated heterocycles. The molecular weight excluding hydrogens is 348 g/mol.